The van der Waals surface area contributed by atoms with Crippen molar-refractivity contribution in [3.63, 3.8) is 0 Å². The van der Waals surface area contributed by atoms with Crippen molar-refractivity contribution in [1.82, 2.24) is 9.78 Å². The van der Waals surface area contributed by atoms with Gasteiger partial charge >= 0.3 is 5.97 Å². The number of para-hydroxylation sites is 2. The van der Waals surface area contributed by atoms with Gasteiger partial charge in [0.1, 0.15) is 5.75 Å². The molecule has 0 spiro atoms. The summed E-state index contributed by atoms with van der Waals surface area (Å²) in [6, 6.07) is 24.2. The monoisotopic (exact) mass is 476 g/mol. The number of benzene rings is 3. The van der Waals surface area contributed by atoms with E-state index < -0.39 is 21.9 Å². The van der Waals surface area contributed by atoms with Crippen LogP contribution in [0.25, 0.3) is 5.69 Å². The lowest BCUT2D eigenvalue weighted by atomic mass is 10.2. The molecule has 3 aromatic carbocycles. The number of aromatic nitrogens is 2. The number of ether oxygens (including phenoxy) is 2. The van der Waals surface area contributed by atoms with E-state index in [1.165, 1.54) is 16.8 Å². The van der Waals surface area contributed by atoms with Crippen LogP contribution in [0.5, 0.6) is 11.6 Å². The number of hydrogen-bond acceptors (Lipinski definition) is 6. The summed E-state index contributed by atoms with van der Waals surface area (Å²) in [7, 11) is -4.04. The molecule has 1 atom stereocenters. The van der Waals surface area contributed by atoms with Gasteiger partial charge in [0.15, 0.2) is 11.0 Å². The molecule has 0 aliphatic heterocycles. The minimum Gasteiger partial charge on any atom is -0.479 e. The summed E-state index contributed by atoms with van der Waals surface area (Å²) in [5.74, 6) is -0.439. The molecule has 0 saturated heterocycles. The average molecular weight is 477 g/mol. The van der Waals surface area contributed by atoms with Crippen LogP contribution < -0.4 is 9.47 Å². The molecule has 8 heteroatoms. The number of nitrogens with zero attached hydrogens (tertiary/aromatic N) is 2. The van der Waals surface area contributed by atoms with Crippen molar-refractivity contribution in [1.29, 1.82) is 0 Å². The molecule has 1 aromatic heterocycles. The lowest BCUT2D eigenvalue weighted by Crippen LogP contribution is -2.29. The van der Waals surface area contributed by atoms with Crippen molar-refractivity contribution in [2.75, 3.05) is 0 Å². The summed E-state index contributed by atoms with van der Waals surface area (Å²) >= 11 is 0. The first kappa shape index (κ1) is 23.3. The molecule has 0 aliphatic rings. The smallest absolute Gasteiger partial charge is 0.353 e. The van der Waals surface area contributed by atoms with Crippen LogP contribution in [0.15, 0.2) is 94.7 Å². The van der Waals surface area contributed by atoms with E-state index in [9.17, 15) is 13.2 Å². The quantitative estimate of drug-likeness (QED) is 0.360. The molecule has 0 saturated carbocycles. The van der Waals surface area contributed by atoms with Crippen molar-refractivity contribution >= 4 is 15.8 Å². The number of hydrogen-bond donors (Lipinski definition) is 0. The number of rotatable bonds is 7. The van der Waals surface area contributed by atoms with Gasteiger partial charge in [-0.05, 0) is 57.2 Å². The van der Waals surface area contributed by atoms with Crippen molar-refractivity contribution in [3.8, 4) is 17.3 Å². The predicted molar refractivity (Wildman–Crippen MR) is 127 cm³/mol. The molecule has 4 aromatic rings. The van der Waals surface area contributed by atoms with Gasteiger partial charge in [-0.1, -0.05) is 54.1 Å². The second kappa shape index (κ2) is 9.52. The zero-order valence-electron chi connectivity index (χ0n) is 19.0. The van der Waals surface area contributed by atoms with Crippen LogP contribution in [-0.2, 0) is 14.6 Å². The molecule has 1 heterocycles. The third-order valence-electron chi connectivity index (χ3n) is 5.15. The highest BCUT2D eigenvalue weighted by Gasteiger charge is 2.33. The Morgan fingerprint density at radius 2 is 1.47 bits per heavy atom. The highest BCUT2D eigenvalue weighted by Crippen LogP contribution is 2.35. The largest absolute Gasteiger partial charge is 0.479 e. The molecular weight excluding hydrogens is 452 g/mol. The minimum atomic E-state index is -4.04. The summed E-state index contributed by atoms with van der Waals surface area (Å²) in [5, 5.41) is 4.41. The van der Waals surface area contributed by atoms with Crippen LogP contribution in [0.1, 0.15) is 18.2 Å². The van der Waals surface area contributed by atoms with E-state index in [-0.39, 0.29) is 21.4 Å². The van der Waals surface area contributed by atoms with Gasteiger partial charge < -0.3 is 9.47 Å². The van der Waals surface area contributed by atoms with E-state index in [1.54, 1.807) is 74.5 Å². The predicted octanol–water partition coefficient (Wildman–Crippen LogP) is 4.69. The first-order chi connectivity index (χ1) is 16.3. The second-order valence-electron chi connectivity index (χ2n) is 7.78. The molecule has 0 amide bonds. The lowest BCUT2D eigenvalue weighted by Gasteiger charge is -2.15. The topological polar surface area (TPSA) is 87.5 Å². The summed E-state index contributed by atoms with van der Waals surface area (Å²) in [6.07, 6.45) is -0.989. The fourth-order valence-corrected chi connectivity index (χ4v) is 4.92. The molecule has 174 valence electrons. The van der Waals surface area contributed by atoms with Crippen LogP contribution in [0, 0.1) is 13.8 Å². The fraction of sp³-hybridized carbons (Fsp3) is 0.154. The maximum atomic E-state index is 13.6. The van der Waals surface area contributed by atoms with Gasteiger partial charge in [-0.3, -0.25) is 0 Å². The Balaban J connectivity index is 1.78. The average Bonchev–Trinajstić information content (AvgIpc) is 3.16. The van der Waals surface area contributed by atoms with Gasteiger partial charge in [-0.25, -0.2) is 13.2 Å². The second-order valence-corrected chi connectivity index (χ2v) is 9.66. The standard InChI is InChI=1S/C26H24N2O5S/c1-18-14-16-23(17-15-18)34(30,31)24-19(2)27-28(21-10-6-4-7-11-21)25(24)33-26(29)20(3)32-22-12-8-5-9-13-22/h4-17,20H,1-3H3. The van der Waals surface area contributed by atoms with Crippen molar-refractivity contribution < 1.29 is 22.7 Å². The molecule has 34 heavy (non-hydrogen) atoms. The van der Waals surface area contributed by atoms with Gasteiger partial charge in [-0.2, -0.15) is 9.78 Å². The number of carbonyl (C=O) groups excluding carboxylic acids is 1. The van der Waals surface area contributed by atoms with E-state index >= 15 is 0 Å². The van der Waals surface area contributed by atoms with Gasteiger partial charge in [0, 0.05) is 0 Å². The molecule has 7 nitrogen and oxygen atoms in total. The van der Waals surface area contributed by atoms with Crippen LogP contribution in [0.4, 0.5) is 0 Å². The summed E-state index contributed by atoms with van der Waals surface area (Å²) in [5.41, 5.74) is 1.69. The molecule has 1 unspecified atom stereocenters. The third kappa shape index (κ3) is 4.72. The molecule has 0 bridgehead atoms. The molecular formula is C26H24N2O5S. The SMILES string of the molecule is Cc1ccc(S(=O)(=O)c2c(C)nn(-c3ccccc3)c2OC(=O)C(C)Oc2ccccc2)cc1. The summed E-state index contributed by atoms with van der Waals surface area (Å²) < 4.78 is 39.9. The number of sulfone groups is 1. The Morgan fingerprint density at radius 3 is 2.09 bits per heavy atom. The molecule has 0 fully saturated rings. The zero-order chi connectivity index (χ0) is 24.3. The summed E-state index contributed by atoms with van der Waals surface area (Å²) in [6.45, 7) is 4.98. The molecule has 0 N–H and O–H groups in total. The Hall–Kier alpha value is -3.91. The van der Waals surface area contributed by atoms with Crippen LogP contribution in [0.3, 0.4) is 0 Å². The maximum absolute atomic E-state index is 13.6. The lowest BCUT2D eigenvalue weighted by molar-refractivity contribution is -0.142. The van der Waals surface area contributed by atoms with Crippen LogP contribution in [0.2, 0.25) is 0 Å². The highest BCUT2D eigenvalue weighted by molar-refractivity contribution is 7.91. The molecule has 4 rings (SSSR count). The first-order valence-electron chi connectivity index (χ1n) is 10.7. The number of carbonyl (C=O) groups is 1. The van der Waals surface area contributed by atoms with Crippen molar-refractivity contribution in [3.05, 3.63) is 96.2 Å². The van der Waals surface area contributed by atoms with E-state index in [2.05, 4.69) is 5.10 Å². The van der Waals surface area contributed by atoms with Crippen molar-refractivity contribution in [2.24, 2.45) is 0 Å². The summed E-state index contributed by atoms with van der Waals surface area (Å²) in [4.78, 5) is 12.9. The van der Waals surface area contributed by atoms with Gasteiger partial charge in [0.25, 0.3) is 0 Å². The van der Waals surface area contributed by atoms with Crippen molar-refractivity contribution in [2.45, 2.75) is 36.7 Å². The van der Waals surface area contributed by atoms with E-state index in [0.717, 1.165) is 5.56 Å². The first-order valence-corrected chi connectivity index (χ1v) is 12.2. The Bertz CT molecular complexity index is 1400. The van der Waals surface area contributed by atoms with E-state index in [1.807, 2.05) is 19.1 Å². The van der Waals surface area contributed by atoms with Gasteiger partial charge in [0.05, 0.1) is 16.3 Å². The fourth-order valence-electron chi connectivity index (χ4n) is 3.40. The van der Waals surface area contributed by atoms with Crippen LogP contribution in [-0.4, -0.2) is 30.3 Å². The normalized spacial score (nSPS) is 12.2. The van der Waals surface area contributed by atoms with E-state index in [0.29, 0.717) is 11.4 Å². The number of esters is 1. The zero-order valence-corrected chi connectivity index (χ0v) is 19.8. The number of aryl methyl sites for hydroxylation is 2. The van der Waals surface area contributed by atoms with Gasteiger partial charge in [0.2, 0.25) is 15.7 Å². The molecule has 0 aliphatic carbocycles. The Morgan fingerprint density at radius 1 is 0.882 bits per heavy atom. The van der Waals surface area contributed by atoms with Crippen LogP contribution >= 0.6 is 0 Å². The highest BCUT2D eigenvalue weighted by atomic mass is 32.2. The Kier molecular flexibility index (Phi) is 6.51. The Labute approximate surface area is 198 Å². The van der Waals surface area contributed by atoms with E-state index in [4.69, 9.17) is 9.47 Å². The minimum absolute atomic E-state index is 0.0831. The van der Waals surface area contributed by atoms with Gasteiger partial charge in [-0.15, -0.1) is 0 Å². The maximum Gasteiger partial charge on any atom is 0.353 e. The molecule has 0 radical (unpaired) electrons. The third-order valence-corrected chi connectivity index (χ3v) is 7.05.